The Kier molecular flexibility index (Phi) is 4.26. The largest absolute Gasteiger partial charge is 0.347 e. The van der Waals surface area contributed by atoms with Crippen LogP contribution in [-0.4, -0.2) is 23.3 Å². The zero-order chi connectivity index (χ0) is 15.6. The third-order valence-electron chi connectivity index (χ3n) is 2.72. The van der Waals surface area contributed by atoms with Crippen molar-refractivity contribution in [2.24, 2.45) is 0 Å². The fraction of sp³-hybridized carbons (Fsp3) is 0.182. The highest BCUT2D eigenvalue weighted by Crippen LogP contribution is 2.30. The maximum Gasteiger partial charge on any atom is 0.289 e. The molecule has 1 aromatic heterocycles. The van der Waals surface area contributed by atoms with Gasteiger partial charge < -0.3 is 4.98 Å². The van der Waals surface area contributed by atoms with Crippen molar-refractivity contribution in [2.45, 2.75) is 18.4 Å². The van der Waals surface area contributed by atoms with Gasteiger partial charge in [0.2, 0.25) is 10.0 Å². The highest BCUT2D eigenvalue weighted by molar-refractivity contribution is 7.89. The second kappa shape index (κ2) is 5.80. The second-order valence-electron chi connectivity index (χ2n) is 4.19. The molecule has 0 aliphatic rings. The first-order valence-electron chi connectivity index (χ1n) is 5.73. The van der Waals surface area contributed by atoms with E-state index in [4.69, 9.17) is 11.6 Å². The molecule has 112 valence electrons. The molecule has 2 aromatic rings. The number of H-pyrrole nitrogens is 1. The Hall–Kier alpha value is -1.97. The van der Waals surface area contributed by atoms with Gasteiger partial charge in [0, 0.05) is 18.5 Å². The van der Waals surface area contributed by atoms with Gasteiger partial charge in [-0.25, -0.2) is 18.1 Å². The van der Waals surface area contributed by atoms with Gasteiger partial charge in [0.05, 0.1) is 16.4 Å². The van der Waals surface area contributed by atoms with Crippen LogP contribution in [0.15, 0.2) is 29.4 Å². The van der Waals surface area contributed by atoms with E-state index in [-0.39, 0.29) is 16.5 Å². The van der Waals surface area contributed by atoms with E-state index in [1.807, 2.05) is 0 Å². The molecule has 2 N–H and O–H groups in total. The van der Waals surface area contributed by atoms with Crippen molar-refractivity contribution in [1.82, 2.24) is 14.7 Å². The molecule has 10 heteroatoms. The van der Waals surface area contributed by atoms with Gasteiger partial charge >= 0.3 is 0 Å². The van der Waals surface area contributed by atoms with E-state index in [9.17, 15) is 18.5 Å². The van der Waals surface area contributed by atoms with Crippen molar-refractivity contribution in [1.29, 1.82) is 0 Å². The second-order valence-corrected chi connectivity index (χ2v) is 6.33. The molecule has 0 aliphatic carbocycles. The van der Waals surface area contributed by atoms with Crippen LogP contribution in [0.25, 0.3) is 0 Å². The number of hydrogen-bond acceptors (Lipinski definition) is 5. The number of nitrogens with one attached hydrogen (secondary N) is 2. The number of nitro benzene ring substituents is 1. The molecule has 0 fully saturated rings. The molecule has 2 rings (SSSR count). The Morgan fingerprint density at radius 3 is 2.76 bits per heavy atom. The fourth-order valence-corrected chi connectivity index (χ4v) is 3.23. The summed E-state index contributed by atoms with van der Waals surface area (Å²) in [6.45, 7) is 1.46. The summed E-state index contributed by atoms with van der Waals surface area (Å²) in [5, 5.41) is 10.7. The molecular weight excluding hydrogens is 320 g/mol. The predicted octanol–water partition coefficient (Wildman–Crippen LogP) is 1.76. The van der Waals surface area contributed by atoms with Crippen molar-refractivity contribution in [3.8, 4) is 0 Å². The number of aryl methyl sites for hydroxylation is 1. The molecular formula is C11H11ClN4O4S. The SMILES string of the molecule is Cc1cc(Cl)c([N+](=O)[O-])cc1S(=O)(=O)NCc1ncc[nH]1. The topological polar surface area (TPSA) is 118 Å². The van der Waals surface area contributed by atoms with Crippen LogP contribution in [0, 0.1) is 17.0 Å². The van der Waals surface area contributed by atoms with Gasteiger partial charge in [-0.3, -0.25) is 10.1 Å². The maximum absolute atomic E-state index is 12.2. The van der Waals surface area contributed by atoms with Crippen LogP contribution in [0.4, 0.5) is 5.69 Å². The zero-order valence-corrected chi connectivity index (χ0v) is 12.4. The molecule has 0 bridgehead atoms. The molecule has 1 heterocycles. The molecule has 1 aromatic carbocycles. The Morgan fingerprint density at radius 1 is 1.48 bits per heavy atom. The highest BCUT2D eigenvalue weighted by Gasteiger charge is 2.23. The number of rotatable bonds is 5. The third-order valence-corrected chi connectivity index (χ3v) is 4.56. The quantitative estimate of drug-likeness (QED) is 0.639. The molecule has 0 amide bonds. The van der Waals surface area contributed by atoms with Crippen LogP contribution >= 0.6 is 11.6 Å². The van der Waals surface area contributed by atoms with Gasteiger partial charge in [0.25, 0.3) is 5.69 Å². The van der Waals surface area contributed by atoms with Gasteiger partial charge in [0.1, 0.15) is 10.8 Å². The number of nitrogens with zero attached hydrogens (tertiary/aromatic N) is 2. The summed E-state index contributed by atoms with van der Waals surface area (Å²) in [4.78, 5) is 16.6. The lowest BCUT2D eigenvalue weighted by molar-refractivity contribution is -0.384. The number of aromatic nitrogens is 2. The summed E-state index contributed by atoms with van der Waals surface area (Å²) in [7, 11) is -3.91. The summed E-state index contributed by atoms with van der Waals surface area (Å²) in [6, 6.07) is 2.20. The molecule has 0 spiro atoms. The monoisotopic (exact) mass is 330 g/mol. The molecule has 0 unspecified atom stereocenters. The number of benzene rings is 1. The number of aromatic amines is 1. The van der Waals surface area contributed by atoms with Crippen LogP contribution in [0.5, 0.6) is 0 Å². The van der Waals surface area contributed by atoms with E-state index in [0.717, 1.165) is 6.07 Å². The van der Waals surface area contributed by atoms with E-state index >= 15 is 0 Å². The van der Waals surface area contributed by atoms with E-state index in [2.05, 4.69) is 14.7 Å². The minimum Gasteiger partial charge on any atom is -0.347 e. The predicted molar refractivity (Wildman–Crippen MR) is 75.5 cm³/mol. The number of nitro groups is 1. The third kappa shape index (κ3) is 3.38. The molecule has 0 atom stereocenters. The number of hydrogen-bond donors (Lipinski definition) is 2. The number of imidazole rings is 1. The summed E-state index contributed by atoms with van der Waals surface area (Å²) in [5.74, 6) is 0.430. The Bertz CT molecular complexity index is 774. The first-order chi connectivity index (χ1) is 9.81. The molecule has 8 nitrogen and oxygen atoms in total. The van der Waals surface area contributed by atoms with Gasteiger partial charge in [-0.2, -0.15) is 0 Å². The zero-order valence-electron chi connectivity index (χ0n) is 10.8. The van der Waals surface area contributed by atoms with E-state index < -0.39 is 20.6 Å². The molecule has 0 saturated heterocycles. The van der Waals surface area contributed by atoms with Crippen molar-refractivity contribution in [2.75, 3.05) is 0 Å². The molecule has 21 heavy (non-hydrogen) atoms. The average molecular weight is 331 g/mol. The van der Waals surface area contributed by atoms with E-state index in [1.54, 1.807) is 6.20 Å². The minimum atomic E-state index is -3.91. The standard InChI is InChI=1S/C11H11ClN4O4S/c1-7-4-8(12)9(16(17)18)5-10(7)21(19,20)15-6-11-13-2-3-14-11/h2-5,15H,6H2,1H3,(H,13,14). The van der Waals surface area contributed by atoms with Crippen LogP contribution in [0.3, 0.4) is 0 Å². The summed E-state index contributed by atoms with van der Waals surface area (Å²) < 4.78 is 26.7. The lowest BCUT2D eigenvalue weighted by atomic mass is 10.2. The van der Waals surface area contributed by atoms with Crippen LogP contribution in [0.1, 0.15) is 11.4 Å². The van der Waals surface area contributed by atoms with Gasteiger partial charge in [-0.05, 0) is 18.6 Å². The van der Waals surface area contributed by atoms with Gasteiger partial charge in [0.15, 0.2) is 0 Å². The lowest BCUT2D eigenvalue weighted by Crippen LogP contribution is -2.24. The number of halogens is 1. The minimum absolute atomic E-state index is 0.0504. The van der Waals surface area contributed by atoms with E-state index in [0.29, 0.717) is 11.4 Å². The molecule has 0 saturated carbocycles. The summed E-state index contributed by atoms with van der Waals surface area (Å²) >= 11 is 5.73. The van der Waals surface area contributed by atoms with Crippen LogP contribution < -0.4 is 4.72 Å². The van der Waals surface area contributed by atoms with Crippen molar-refractivity contribution in [3.05, 3.63) is 51.1 Å². The Labute approximate surface area is 125 Å². The van der Waals surface area contributed by atoms with Crippen LogP contribution in [-0.2, 0) is 16.6 Å². The van der Waals surface area contributed by atoms with Crippen molar-refractivity contribution < 1.29 is 13.3 Å². The van der Waals surface area contributed by atoms with E-state index in [1.165, 1.54) is 19.2 Å². The summed E-state index contributed by atoms with van der Waals surface area (Å²) in [6.07, 6.45) is 3.05. The van der Waals surface area contributed by atoms with Crippen LogP contribution in [0.2, 0.25) is 5.02 Å². The maximum atomic E-state index is 12.2. The normalized spacial score (nSPS) is 11.5. The van der Waals surface area contributed by atoms with Gasteiger partial charge in [-0.15, -0.1) is 0 Å². The molecule has 0 radical (unpaired) electrons. The lowest BCUT2D eigenvalue weighted by Gasteiger charge is -2.09. The van der Waals surface area contributed by atoms with Crippen molar-refractivity contribution in [3.63, 3.8) is 0 Å². The van der Waals surface area contributed by atoms with Gasteiger partial charge in [-0.1, -0.05) is 11.6 Å². The summed E-state index contributed by atoms with van der Waals surface area (Å²) in [5.41, 5.74) is -0.141. The number of sulfonamides is 1. The first-order valence-corrected chi connectivity index (χ1v) is 7.60. The Morgan fingerprint density at radius 2 is 2.19 bits per heavy atom. The smallest absolute Gasteiger partial charge is 0.289 e. The molecule has 0 aliphatic heterocycles. The van der Waals surface area contributed by atoms with Crippen molar-refractivity contribution >= 4 is 27.3 Å². The highest BCUT2D eigenvalue weighted by atomic mass is 35.5. The first kappa shape index (κ1) is 15.4. The Balaban J connectivity index is 2.35. The fourth-order valence-electron chi connectivity index (χ4n) is 1.71. The average Bonchev–Trinajstić information content (AvgIpc) is 2.88.